The van der Waals surface area contributed by atoms with Crippen LogP contribution in [-0.4, -0.2) is 30.2 Å². The summed E-state index contributed by atoms with van der Waals surface area (Å²) in [6.45, 7) is 0. The Morgan fingerprint density at radius 1 is 1.00 bits per heavy atom. The minimum atomic E-state index is -5.92. The molecule has 1 aromatic rings. The van der Waals surface area contributed by atoms with Gasteiger partial charge in [0.25, 0.3) is 0 Å². The van der Waals surface area contributed by atoms with Crippen molar-refractivity contribution in [2.45, 2.75) is 30.7 Å². The number of hydrogen-bond donors (Lipinski definition) is 0. The van der Waals surface area contributed by atoms with Gasteiger partial charge >= 0.3 is 24.1 Å². The first kappa shape index (κ1) is 15.6. The third-order valence-electron chi connectivity index (χ3n) is 2.83. The molecule has 21 heavy (non-hydrogen) atoms. The van der Waals surface area contributed by atoms with Crippen LogP contribution in [0.2, 0.25) is 0 Å². The van der Waals surface area contributed by atoms with Crippen molar-refractivity contribution in [2.75, 3.05) is 0 Å². The minimum absolute atomic E-state index is 0.347. The van der Waals surface area contributed by atoms with E-state index in [-0.39, 0.29) is 0 Å². The summed E-state index contributed by atoms with van der Waals surface area (Å²) in [6, 6.07) is 7.54. The Hall–Kier alpha value is -1.77. The zero-order valence-corrected chi connectivity index (χ0v) is 10.2. The monoisotopic (exact) mass is 314 g/mol. The van der Waals surface area contributed by atoms with Crippen LogP contribution in [0, 0.1) is 0 Å². The second-order valence-corrected chi connectivity index (χ2v) is 4.33. The van der Waals surface area contributed by atoms with Crippen molar-refractivity contribution in [3.63, 3.8) is 0 Å². The van der Waals surface area contributed by atoms with E-state index in [0.717, 1.165) is 0 Å². The molecule has 1 fully saturated rings. The van der Waals surface area contributed by atoms with Crippen LogP contribution < -0.4 is 0 Å². The van der Waals surface area contributed by atoms with Gasteiger partial charge in [-0.2, -0.15) is 26.3 Å². The van der Waals surface area contributed by atoms with Crippen LogP contribution >= 0.6 is 0 Å². The molecule has 1 aliphatic rings. The van der Waals surface area contributed by atoms with Crippen LogP contribution in [0.1, 0.15) is 5.56 Å². The Bertz CT molecular complexity index is 508. The van der Waals surface area contributed by atoms with Gasteiger partial charge in [0, 0.05) is 6.42 Å². The van der Waals surface area contributed by atoms with Crippen molar-refractivity contribution in [2.24, 2.45) is 0 Å². The van der Waals surface area contributed by atoms with E-state index in [4.69, 9.17) is 0 Å². The number of halogens is 6. The molecule has 116 valence electrons. The van der Waals surface area contributed by atoms with Crippen molar-refractivity contribution < 1.29 is 40.6 Å². The number of alkyl halides is 6. The van der Waals surface area contributed by atoms with Gasteiger partial charge in [-0.25, -0.2) is 4.79 Å². The number of ether oxygens (including phenoxy) is 2. The lowest BCUT2D eigenvalue weighted by Crippen LogP contribution is -2.58. The number of esters is 1. The second kappa shape index (κ2) is 4.90. The summed E-state index contributed by atoms with van der Waals surface area (Å²) in [4.78, 5) is 11.3. The lowest BCUT2D eigenvalue weighted by molar-refractivity contribution is -0.439. The van der Waals surface area contributed by atoms with Gasteiger partial charge in [-0.3, -0.25) is 0 Å². The van der Waals surface area contributed by atoms with Gasteiger partial charge in [0.2, 0.25) is 0 Å². The fraction of sp³-hybridized carbons (Fsp3) is 0.417. The normalized spacial score (nSPS) is 22.2. The predicted molar refractivity (Wildman–Crippen MR) is 56.0 cm³/mol. The first-order chi connectivity index (χ1) is 9.57. The Morgan fingerprint density at radius 3 is 1.95 bits per heavy atom. The maximum atomic E-state index is 12.7. The van der Waals surface area contributed by atoms with Crippen molar-refractivity contribution in [1.82, 2.24) is 0 Å². The molecule has 9 heteroatoms. The van der Waals surface area contributed by atoms with Crippen LogP contribution in [0.3, 0.4) is 0 Å². The van der Waals surface area contributed by atoms with E-state index in [0.29, 0.717) is 5.56 Å². The highest BCUT2D eigenvalue weighted by Gasteiger charge is 2.80. The van der Waals surface area contributed by atoms with Crippen LogP contribution in [0.4, 0.5) is 26.3 Å². The van der Waals surface area contributed by atoms with Crippen molar-refractivity contribution in [3.05, 3.63) is 35.9 Å². The SMILES string of the molecule is O=C1OC(C(F)(F)F)(C(F)(F)F)O[C@@H]1Cc1ccccc1. The Kier molecular flexibility index (Phi) is 3.64. The maximum Gasteiger partial charge on any atom is 0.465 e. The average molecular weight is 314 g/mol. The molecule has 0 saturated carbocycles. The number of carbonyl (C=O) groups is 1. The molecule has 2 rings (SSSR count). The lowest BCUT2D eigenvalue weighted by atomic mass is 10.1. The number of hydrogen-bond acceptors (Lipinski definition) is 3. The Labute approximate surface area is 114 Å². The van der Waals surface area contributed by atoms with E-state index in [1.165, 1.54) is 24.3 Å². The standard InChI is InChI=1S/C12H8F6O3/c13-11(14,15)10(12(16,17)18)20-8(9(19)21-10)6-7-4-2-1-3-5-7/h1-5,8H,6H2/t8-/m1/s1. The molecule has 0 aromatic heterocycles. The number of benzene rings is 1. The van der Waals surface area contributed by atoms with Crippen LogP contribution in [0.25, 0.3) is 0 Å². The van der Waals surface area contributed by atoms with Crippen molar-refractivity contribution in [1.29, 1.82) is 0 Å². The van der Waals surface area contributed by atoms with Gasteiger partial charge in [-0.1, -0.05) is 30.3 Å². The highest BCUT2D eigenvalue weighted by atomic mass is 19.4. The minimum Gasteiger partial charge on any atom is -0.414 e. The van der Waals surface area contributed by atoms with Gasteiger partial charge in [-0.15, -0.1) is 0 Å². The molecule has 0 N–H and O–H groups in total. The average Bonchev–Trinajstić information content (AvgIpc) is 2.68. The molecule has 0 amide bonds. The zero-order valence-electron chi connectivity index (χ0n) is 10.2. The smallest absolute Gasteiger partial charge is 0.414 e. The summed E-state index contributed by atoms with van der Waals surface area (Å²) in [5.74, 6) is -6.61. The van der Waals surface area contributed by atoms with Crippen molar-refractivity contribution in [3.8, 4) is 0 Å². The van der Waals surface area contributed by atoms with E-state index in [2.05, 4.69) is 9.47 Å². The van der Waals surface area contributed by atoms with Crippen molar-refractivity contribution >= 4 is 5.97 Å². The van der Waals surface area contributed by atoms with Gasteiger partial charge in [0.1, 0.15) is 0 Å². The first-order valence-corrected chi connectivity index (χ1v) is 5.65. The number of rotatable bonds is 2. The summed E-state index contributed by atoms with van der Waals surface area (Å²) in [7, 11) is 0. The molecule has 0 spiro atoms. The molecular formula is C12H8F6O3. The molecule has 3 nitrogen and oxygen atoms in total. The molecular weight excluding hydrogens is 306 g/mol. The summed E-state index contributed by atoms with van der Waals surface area (Å²) < 4.78 is 83.6. The maximum absolute atomic E-state index is 12.7. The van der Waals surface area contributed by atoms with E-state index in [1.807, 2.05) is 0 Å². The van der Waals surface area contributed by atoms with E-state index in [1.54, 1.807) is 6.07 Å². The molecule has 0 radical (unpaired) electrons. The second-order valence-electron chi connectivity index (χ2n) is 4.33. The summed E-state index contributed by atoms with van der Waals surface area (Å²) in [5.41, 5.74) is 0.347. The highest BCUT2D eigenvalue weighted by Crippen LogP contribution is 2.50. The number of carbonyl (C=O) groups excluding carboxylic acids is 1. The van der Waals surface area contributed by atoms with Gasteiger partial charge in [0.15, 0.2) is 6.10 Å². The van der Waals surface area contributed by atoms with Crippen LogP contribution in [0.15, 0.2) is 30.3 Å². The van der Waals surface area contributed by atoms with E-state index >= 15 is 0 Å². The highest BCUT2D eigenvalue weighted by molar-refractivity contribution is 5.77. The fourth-order valence-corrected chi connectivity index (χ4v) is 1.84. The molecule has 1 aliphatic heterocycles. The first-order valence-electron chi connectivity index (χ1n) is 5.65. The summed E-state index contributed by atoms with van der Waals surface area (Å²) >= 11 is 0. The molecule has 0 unspecified atom stereocenters. The van der Waals surface area contributed by atoms with Gasteiger partial charge in [0.05, 0.1) is 0 Å². The fourth-order valence-electron chi connectivity index (χ4n) is 1.84. The molecule has 1 saturated heterocycles. The third kappa shape index (κ3) is 2.69. The number of cyclic esters (lactones) is 1. The molecule has 1 aromatic carbocycles. The van der Waals surface area contributed by atoms with Gasteiger partial charge < -0.3 is 9.47 Å². The van der Waals surface area contributed by atoms with Crippen LogP contribution in [0.5, 0.6) is 0 Å². The predicted octanol–water partition coefficient (Wildman–Crippen LogP) is 2.99. The van der Waals surface area contributed by atoms with E-state index in [9.17, 15) is 31.1 Å². The molecule has 1 atom stereocenters. The zero-order chi connectivity index (χ0) is 15.9. The molecule has 0 bridgehead atoms. The quantitative estimate of drug-likeness (QED) is 0.622. The van der Waals surface area contributed by atoms with Crippen LogP contribution in [-0.2, 0) is 20.7 Å². The summed E-state index contributed by atoms with van der Waals surface area (Å²) in [6.07, 6.45) is -14.3. The molecule has 1 heterocycles. The van der Waals surface area contributed by atoms with E-state index < -0.39 is 36.6 Å². The summed E-state index contributed by atoms with van der Waals surface area (Å²) in [5, 5.41) is 0. The Morgan fingerprint density at radius 2 is 1.52 bits per heavy atom. The van der Waals surface area contributed by atoms with Gasteiger partial charge in [-0.05, 0) is 5.56 Å². The molecule has 0 aliphatic carbocycles. The largest absolute Gasteiger partial charge is 0.465 e. The lowest BCUT2D eigenvalue weighted by Gasteiger charge is -2.30. The topological polar surface area (TPSA) is 35.5 Å². The Balaban J connectivity index is 2.28. The third-order valence-corrected chi connectivity index (χ3v) is 2.83.